The second kappa shape index (κ2) is 10.5. The minimum absolute atomic E-state index is 0.180. The van der Waals surface area contributed by atoms with Gasteiger partial charge in [0.2, 0.25) is 11.8 Å². The van der Waals surface area contributed by atoms with Crippen LogP contribution in [0.4, 0.5) is 0 Å². The molecule has 0 aromatic heterocycles. The van der Waals surface area contributed by atoms with Gasteiger partial charge in [0, 0.05) is 19.2 Å². The van der Waals surface area contributed by atoms with Crippen molar-refractivity contribution in [3.63, 3.8) is 0 Å². The molecule has 8 heteroatoms. The quantitative estimate of drug-likeness (QED) is 0.672. The Morgan fingerprint density at radius 1 is 1.10 bits per heavy atom. The molecule has 2 N–H and O–H groups in total. The van der Waals surface area contributed by atoms with Crippen molar-refractivity contribution in [3.05, 3.63) is 59.7 Å². The number of benzene rings is 2. The van der Waals surface area contributed by atoms with Gasteiger partial charge in [0.15, 0.2) is 11.5 Å². The van der Waals surface area contributed by atoms with Gasteiger partial charge in [0.25, 0.3) is 5.91 Å². The van der Waals surface area contributed by atoms with E-state index in [0.717, 1.165) is 12.0 Å². The van der Waals surface area contributed by atoms with Crippen molar-refractivity contribution in [1.29, 1.82) is 0 Å². The van der Waals surface area contributed by atoms with E-state index in [2.05, 4.69) is 10.6 Å². The van der Waals surface area contributed by atoms with E-state index in [1.807, 2.05) is 30.3 Å². The van der Waals surface area contributed by atoms with Crippen molar-refractivity contribution < 1.29 is 23.9 Å². The molecular weight excluding hydrogens is 398 g/mol. The molecule has 164 valence electrons. The van der Waals surface area contributed by atoms with Crippen LogP contribution in [0.1, 0.15) is 28.8 Å². The first-order valence-electron chi connectivity index (χ1n) is 10.2. The van der Waals surface area contributed by atoms with Crippen LogP contribution in [0.5, 0.6) is 11.5 Å². The Morgan fingerprint density at radius 3 is 2.58 bits per heavy atom. The molecule has 0 bridgehead atoms. The molecule has 31 heavy (non-hydrogen) atoms. The van der Waals surface area contributed by atoms with E-state index < -0.39 is 11.9 Å². The van der Waals surface area contributed by atoms with E-state index >= 15 is 0 Å². The number of hydrogen-bond donors (Lipinski definition) is 2. The highest BCUT2D eigenvalue weighted by Crippen LogP contribution is 2.29. The average molecular weight is 425 g/mol. The number of likely N-dealkylation sites (N-methyl/N-ethyl adjacent to an activating group) is 1. The minimum Gasteiger partial charge on any atom is -0.493 e. The summed E-state index contributed by atoms with van der Waals surface area (Å²) < 4.78 is 11.2. The van der Waals surface area contributed by atoms with E-state index in [1.54, 1.807) is 25.2 Å². The summed E-state index contributed by atoms with van der Waals surface area (Å²) in [4.78, 5) is 38.5. The highest BCUT2D eigenvalue weighted by molar-refractivity contribution is 5.97. The number of hydrogen-bond acceptors (Lipinski definition) is 5. The summed E-state index contributed by atoms with van der Waals surface area (Å²) >= 11 is 0. The Bertz CT molecular complexity index is 932. The van der Waals surface area contributed by atoms with Crippen molar-refractivity contribution in [2.24, 2.45) is 0 Å². The third-order valence-electron chi connectivity index (χ3n) is 5.19. The highest BCUT2D eigenvalue weighted by atomic mass is 16.5. The van der Waals surface area contributed by atoms with Gasteiger partial charge in [0.05, 0.1) is 13.7 Å². The smallest absolute Gasteiger partial charge is 0.251 e. The van der Waals surface area contributed by atoms with Crippen LogP contribution in [0, 0.1) is 0 Å². The number of rotatable bonds is 8. The van der Waals surface area contributed by atoms with E-state index in [4.69, 9.17) is 9.47 Å². The minimum atomic E-state index is -0.476. The molecule has 8 nitrogen and oxygen atoms in total. The predicted molar refractivity (Wildman–Crippen MR) is 115 cm³/mol. The van der Waals surface area contributed by atoms with Crippen LogP contribution >= 0.6 is 0 Å². The number of methoxy groups -OCH3 is 1. The fraction of sp³-hybridized carbons (Fsp3) is 0.348. The molecule has 1 aliphatic heterocycles. The molecule has 0 spiro atoms. The van der Waals surface area contributed by atoms with Crippen LogP contribution < -0.4 is 20.1 Å². The zero-order valence-corrected chi connectivity index (χ0v) is 17.7. The van der Waals surface area contributed by atoms with Crippen molar-refractivity contribution >= 4 is 17.7 Å². The van der Waals surface area contributed by atoms with Crippen LogP contribution in [0.15, 0.2) is 48.5 Å². The number of likely N-dealkylation sites (tertiary alicyclic amines) is 1. The molecule has 1 atom stereocenters. The zero-order chi connectivity index (χ0) is 22.2. The Morgan fingerprint density at radius 2 is 1.87 bits per heavy atom. The molecule has 1 saturated heterocycles. The summed E-state index contributed by atoms with van der Waals surface area (Å²) in [6, 6.07) is 14.1. The maximum atomic E-state index is 12.5. The number of nitrogens with one attached hydrogen (secondary N) is 2. The molecule has 1 heterocycles. The maximum absolute atomic E-state index is 12.5. The highest BCUT2D eigenvalue weighted by Gasteiger charge is 2.33. The lowest BCUT2D eigenvalue weighted by Crippen LogP contribution is -2.48. The van der Waals surface area contributed by atoms with Crippen LogP contribution in [0.2, 0.25) is 0 Å². The Kier molecular flexibility index (Phi) is 7.48. The molecule has 3 amide bonds. The standard InChI is InChI=1S/C23H27N3O5/c1-24-23(29)18-9-6-12-26(18)21(27)14-25-22(28)17-10-11-19(20(13-17)30-2)31-15-16-7-4-3-5-8-16/h3-5,7-8,10-11,13,18H,6,9,12,14-15H2,1-2H3,(H,24,29)(H,25,28). The number of nitrogens with zero attached hydrogens (tertiary/aromatic N) is 1. The Labute approximate surface area is 181 Å². The van der Waals surface area contributed by atoms with E-state index in [0.29, 0.717) is 36.6 Å². The fourth-order valence-electron chi connectivity index (χ4n) is 3.53. The fourth-order valence-corrected chi connectivity index (χ4v) is 3.53. The second-order valence-electron chi connectivity index (χ2n) is 7.18. The average Bonchev–Trinajstić information content (AvgIpc) is 3.31. The molecule has 1 aliphatic rings. The second-order valence-corrected chi connectivity index (χ2v) is 7.18. The molecule has 1 fully saturated rings. The summed E-state index contributed by atoms with van der Waals surface area (Å²) in [6.45, 7) is 0.703. The Hall–Kier alpha value is -3.55. The van der Waals surface area contributed by atoms with E-state index in [1.165, 1.54) is 12.0 Å². The van der Waals surface area contributed by atoms with Crippen LogP contribution in [0.25, 0.3) is 0 Å². The topological polar surface area (TPSA) is 97.0 Å². The summed E-state index contributed by atoms with van der Waals surface area (Å²) in [6.07, 6.45) is 1.39. The zero-order valence-electron chi connectivity index (χ0n) is 17.7. The van der Waals surface area contributed by atoms with Gasteiger partial charge < -0.3 is 25.0 Å². The van der Waals surface area contributed by atoms with Crippen LogP contribution in [-0.4, -0.2) is 55.9 Å². The molecule has 0 saturated carbocycles. The van der Waals surface area contributed by atoms with Crippen molar-refractivity contribution in [3.8, 4) is 11.5 Å². The summed E-state index contributed by atoms with van der Waals surface area (Å²) in [5, 5.41) is 5.20. The summed E-state index contributed by atoms with van der Waals surface area (Å²) in [5.41, 5.74) is 1.36. The van der Waals surface area contributed by atoms with Gasteiger partial charge in [-0.3, -0.25) is 14.4 Å². The first kappa shape index (κ1) is 22.1. The van der Waals surface area contributed by atoms with Crippen LogP contribution in [0.3, 0.4) is 0 Å². The summed E-state index contributed by atoms with van der Waals surface area (Å²) in [7, 11) is 3.05. The number of carbonyl (C=O) groups excluding carboxylic acids is 3. The van der Waals surface area contributed by atoms with Gasteiger partial charge in [-0.1, -0.05) is 30.3 Å². The number of ether oxygens (including phenoxy) is 2. The molecule has 0 radical (unpaired) electrons. The SMILES string of the molecule is CNC(=O)C1CCCN1C(=O)CNC(=O)c1ccc(OCc2ccccc2)c(OC)c1. The van der Waals surface area contributed by atoms with Gasteiger partial charge in [-0.05, 0) is 36.6 Å². The third kappa shape index (κ3) is 5.53. The largest absolute Gasteiger partial charge is 0.493 e. The van der Waals surface area contributed by atoms with Gasteiger partial charge >= 0.3 is 0 Å². The van der Waals surface area contributed by atoms with Gasteiger partial charge in [0.1, 0.15) is 12.6 Å². The van der Waals surface area contributed by atoms with Gasteiger partial charge in [-0.2, -0.15) is 0 Å². The molecule has 2 aromatic rings. The van der Waals surface area contributed by atoms with Gasteiger partial charge in [-0.25, -0.2) is 0 Å². The number of carbonyl (C=O) groups is 3. The lowest BCUT2D eigenvalue weighted by atomic mass is 10.2. The monoisotopic (exact) mass is 425 g/mol. The molecule has 1 unspecified atom stereocenters. The van der Waals surface area contributed by atoms with E-state index in [9.17, 15) is 14.4 Å². The molecule has 2 aromatic carbocycles. The van der Waals surface area contributed by atoms with Crippen molar-refractivity contribution in [2.75, 3.05) is 27.2 Å². The van der Waals surface area contributed by atoms with Crippen molar-refractivity contribution in [1.82, 2.24) is 15.5 Å². The first-order chi connectivity index (χ1) is 15.0. The maximum Gasteiger partial charge on any atom is 0.251 e. The normalized spacial score (nSPS) is 15.3. The first-order valence-corrected chi connectivity index (χ1v) is 10.2. The molecule has 3 rings (SSSR count). The Balaban J connectivity index is 1.58. The number of amides is 3. The molecular formula is C23H27N3O5. The summed E-state index contributed by atoms with van der Waals surface area (Å²) in [5.74, 6) is 0.0674. The third-order valence-corrected chi connectivity index (χ3v) is 5.19. The molecule has 0 aliphatic carbocycles. The van der Waals surface area contributed by atoms with Crippen molar-refractivity contribution in [2.45, 2.75) is 25.5 Å². The predicted octanol–water partition coefficient (Wildman–Crippen LogP) is 1.74. The lowest BCUT2D eigenvalue weighted by molar-refractivity contribution is -0.137. The lowest BCUT2D eigenvalue weighted by Gasteiger charge is -2.23. The van der Waals surface area contributed by atoms with Gasteiger partial charge in [-0.15, -0.1) is 0 Å². The van der Waals surface area contributed by atoms with E-state index in [-0.39, 0.29) is 18.4 Å². The van der Waals surface area contributed by atoms with Crippen LogP contribution in [-0.2, 0) is 16.2 Å².